The van der Waals surface area contributed by atoms with Crippen LogP contribution < -0.4 is 15.2 Å². The molecule has 0 spiro atoms. The fraction of sp³-hybridized carbons (Fsp3) is 0.514. The number of amides is 2. The number of piperidine rings is 1. The maximum Gasteiger partial charge on any atom is 0.353 e. The van der Waals surface area contributed by atoms with Gasteiger partial charge >= 0.3 is 5.97 Å². The molecule has 49 heavy (non-hydrogen) atoms. The number of fused-ring (bicyclic) bond motifs is 1. The number of para-hydroxylation sites is 1. The van der Waals surface area contributed by atoms with Crippen molar-refractivity contribution >= 4 is 44.4 Å². The number of rotatable bonds is 9. The summed E-state index contributed by atoms with van der Waals surface area (Å²) >= 11 is 0. The minimum atomic E-state index is -3.94. The molecule has 4 N–H and O–H groups in total. The molecule has 0 aliphatic carbocycles. The summed E-state index contributed by atoms with van der Waals surface area (Å²) in [4.78, 5) is 45.5. The largest absolute Gasteiger partial charge is 0.494 e. The highest BCUT2D eigenvalue weighted by Gasteiger charge is 2.35. The highest BCUT2D eigenvalue weighted by Crippen LogP contribution is 2.49. The van der Waals surface area contributed by atoms with Gasteiger partial charge < -0.3 is 29.9 Å². The van der Waals surface area contributed by atoms with Gasteiger partial charge in [0.15, 0.2) is 5.75 Å². The van der Waals surface area contributed by atoms with Crippen LogP contribution in [0, 0.1) is 5.92 Å². The van der Waals surface area contributed by atoms with Crippen molar-refractivity contribution in [1.29, 1.82) is 0 Å². The lowest BCUT2D eigenvalue weighted by molar-refractivity contribution is -0.138. The average molecular weight is 697 g/mol. The normalized spacial score (nSPS) is 17.0. The lowest BCUT2D eigenvalue weighted by atomic mass is 9.79. The number of methoxy groups -OCH3 is 1. The van der Waals surface area contributed by atoms with Crippen molar-refractivity contribution in [2.24, 2.45) is 18.7 Å². The fourth-order valence-corrected chi connectivity index (χ4v) is 7.85. The molecule has 1 aromatic heterocycles. The molecular weight excluding hydrogens is 648 g/mol. The maximum atomic E-state index is 13.3. The van der Waals surface area contributed by atoms with E-state index in [2.05, 4.69) is 21.6 Å². The summed E-state index contributed by atoms with van der Waals surface area (Å²) in [6, 6.07) is 7.22. The number of carbonyl (C=O) groups is 3. The fourth-order valence-electron chi connectivity index (χ4n) is 7.29. The van der Waals surface area contributed by atoms with Gasteiger partial charge in [0.05, 0.1) is 30.1 Å². The summed E-state index contributed by atoms with van der Waals surface area (Å²) in [6.45, 7) is 11.0. The molecular formula is C35H48N6O7S. The van der Waals surface area contributed by atoms with E-state index in [0.717, 1.165) is 63.9 Å². The number of nitrogens with zero attached hydrogens (tertiary/aromatic N) is 4. The van der Waals surface area contributed by atoms with E-state index in [9.17, 15) is 27.9 Å². The molecule has 0 radical (unpaired) electrons. The minimum absolute atomic E-state index is 0.00867. The number of anilines is 1. The monoisotopic (exact) mass is 696 g/mol. The maximum absolute atomic E-state index is 13.3. The number of aromatic nitrogens is 1. The van der Waals surface area contributed by atoms with Gasteiger partial charge in [0.25, 0.3) is 5.91 Å². The Morgan fingerprint density at radius 2 is 1.65 bits per heavy atom. The lowest BCUT2D eigenvalue weighted by Gasteiger charge is -2.37. The smallest absolute Gasteiger partial charge is 0.353 e. The zero-order valence-corrected chi connectivity index (χ0v) is 30.2. The van der Waals surface area contributed by atoms with Crippen molar-refractivity contribution in [3.63, 3.8) is 0 Å². The van der Waals surface area contributed by atoms with Gasteiger partial charge in [-0.15, -0.1) is 0 Å². The number of sulfonamides is 1. The minimum Gasteiger partial charge on any atom is -0.494 e. The first-order chi connectivity index (χ1) is 22.9. The Balaban J connectivity index is 1.62. The van der Waals surface area contributed by atoms with Gasteiger partial charge in [0.2, 0.25) is 15.9 Å². The summed E-state index contributed by atoms with van der Waals surface area (Å²) in [5.74, 6) is -1.90. The van der Waals surface area contributed by atoms with Crippen LogP contribution in [-0.2, 0) is 33.8 Å². The van der Waals surface area contributed by atoms with Crippen LogP contribution in [0.1, 0.15) is 65.6 Å². The van der Waals surface area contributed by atoms with E-state index in [4.69, 9.17) is 10.5 Å². The number of hydrogen-bond acceptors (Lipinski definition) is 8. The van der Waals surface area contributed by atoms with Gasteiger partial charge in [-0.05, 0) is 55.6 Å². The van der Waals surface area contributed by atoms with E-state index < -0.39 is 27.3 Å². The quantitative estimate of drug-likeness (QED) is 0.304. The summed E-state index contributed by atoms with van der Waals surface area (Å²) in [6.07, 6.45) is 2.48. The number of ether oxygens (including phenoxy) is 1. The van der Waals surface area contributed by atoms with Gasteiger partial charge in [0, 0.05) is 62.2 Å². The summed E-state index contributed by atoms with van der Waals surface area (Å²) in [7, 11) is 1.12. The summed E-state index contributed by atoms with van der Waals surface area (Å²) < 4.78 is 35.4. The van der Waals surface area contributed by atoms with Crippen LogP contribution in [0.25, 0.3) is 22.0 Å². The highest BCUT2D eigenvalue weighted by atomic mass is 32.2. The van der Waals surface area contributed by atoms with E-state index in [1.165, 1.54) is 7.11 Å². The van der Waals surface area contributed by atoms with Gasteiger partial charge in [-0.1, -0.05) is 39.0 Å². The van der Waals surface area contributed by atoms with E-state index in [0.29, 0.717) is 34.1 Å². The van der Waals surface area contributed by atoms with E-state index in [-0.39, 0.29) is 34.5 Å². The third-order valence-corrected chi connectivity index (χ3v) is 10.3. The zero-order valence-electron chi connectivity index (χ0n) is 29.4. The molecule has 2 aliphatic rings. The number of aromatic carboxylic acids is 1. The Bertz CT molecular complexity index is 1900. The molecule has 2 fully saturated rings. The number of likely N-dealkylation sites (tertiary alicyclic amines) is 1. The van der Waals surface area contributed by atoms with Gasteiger partial charge in [-0.3, -0.25) is 19.2 Å². The number of carboxylic acid groups (broad SMARTS) is 1. The van der Waals surface area contributed by atoms with Crippen LogP contribution >= 0.6 is 0 Å². The number of hydrogen-bond donors (Lipinski definition) is 3. The number of likely N-dealkylation sites (N-methyl/N-ethyl adjacent to an activating group) is 1. The highest BCUT2D eigenvalue weighted by molar-refractivity contribution is 7.92. The van der Waals surface area contributed by atoms with Crippen LogP contribution in [0.3, 0.4) is 0 Å². The molecule has 14 heteroatoms. The average Bonchev–Trinajstić information content (AvgIpc) is 3.32. The van der Waals surface area contributed by atoms with Gasteiger partial charge in [-0.25, -0.2) is 13.2 Å². The van der Waals surface area contributed by atoms with E-state index >= 15 is 0 Å². The molecule has 266 valence electrons. The number of benzene rings is 2. The van der Waals surface area contributed by atoms with Crippen LogP contribution in [0.4, 0.5) is 5.69 Å². The van der Waals surface area contributed by atoms with Crippen molar-refractivity contribution in [3.8, 4) is 16.9 Å². The number of piperazine rings is 1. The first kappa shape index (κ1) is 36.1. The third kappa shape index (κ3) is 7.26. The van der Waals surface area contributed by atoms with Crippen LogP contribution in [-0.4, -0.2) is 110 Å². The first-order valence-electron chi connectivity index (χ1n) is 16.5. The van der Waals surface area contributed by atoms with Gasteiger partial charge in [0.1, 0.15) is 5.69 Å². The molecule has 0 unspecified atom stereocenters. The predicted molar refractivity (Wildman–Crippen MR) is 190 cm³/mol. The Kier molecular flexibility index (Phi) is 10.1. The predicted octanol–water partition coefficient (Wildman–Crippen LogP) is 3.31. The van der Waals surface area contributed by atoms with Gasteiger partial charge in [-0.2, -0.15) is 0 Å². The van der Waals surface area contributed by atoms with Crippen molar-refractivity contribution in [2.45, 2.75) is 45.6 Å². The van der Waals surface area contributed by atoms with Crippen molar-refractivity contribution < 1.29 is 32.6 Å². The summed E-state index contributed by atoms with van der Waals surface area (Å²) in [5.41, 5.74) is 7.62. The Hall–Kier alpha value is -4.14. The SMILES string of the molecule is COc1c(C(N)=O)cc(C(C)(C)C)c(-c2c(C(=O)O)n(C)c3c(CN4CCC(C(=O)N5CCN(C)CC5)CC4)cccc23)c1NS(C)(=O)=O. The molecule has 2 saturated heterocycles. The number of primary amides is 1. The second-order valence-electron chi connectivity index (χ2n) is 14.3. The van der Waals surface area contributed by atoms with Crippen molar-refractivity contribution in [3.05, 3.63) is 46.6 Å². The van der Waals surface area contributed by atoms with Crippen LogP contribution in [0.15, 0.2) is 24.3 Å². The topological polar surface area (TPSA) is 168 Å². The Morgan fingerprint density at radius 3 is 2.18 bits per heavy atom. The molecule has 3 aromatic rings. The third-order valence-electron chi connectivity index (χ3n) is 9.74. The Morgan fingerprint density at radius 1 is 1.02 bits per heavy atom. The molecule has 13 nitrogen and oxygen atoms in total. The zero-order chi connectivity index (χ0) is 36.0. The number of carboxylic acids is 1. The molecule has 2 amide bonds. The number of carbonyl (C=O) groups excluding carboxylic acids is 2. The van der Waals surface area contributed by atoms with Crippen molar-refractivity contribution in [2.75, 3.05) is 64.4 Å². The molecule has 3 heterocycles. The van der Waals surface area contributed by atoms with Crippen LogP contribution in [0.2, 0.25) is 0 Å². The number of nitrogens with two attached hydrogens (primary N) is 1. The lowest BCUT2D eigenvalue weighted by Crippen LogP contribution is -2.50. The van der Waals surface area contributed by atoms with E-state index in [1.54, 1.807) is 17.7 Å². The standard InChI is InChI=1S/C35H48N6O7S/c1-35(2,3)25-19-24(32(36)42)31(48-6)28(37-49(7,46)47)27(25)26-23-10-8-9-22(29(23)39(5)30(26)34(44)45)20-40-13-11-21(12-14-40)33(43)41-17-15-38(4)16-18-41/h8-10,19,21,37H,11-18,20H2,1-7H3,(H2,36,42)(H,44,45). The van der Waals surface area contributed by atoms with Crippen molar-refractivity contribution in [1.82, 2.24) is 19.3 Å². The molecule has 0 bridgehead atoms. The van der Waals surface area contributed by atoms with Crippen LogP contribution in [0.5, 0.6) is 5.75 Å². The summed E-state index contributed by atoms with van der Waals surface area (Å²) in [5, 5.41) is 11.3. The number of aryl methyl sites for hydroxylation is 1. The number of nitrogens with one attached hydrogen (secondary N) is 1. The molecule has 5 rings (SSSR count). The van der Waals surface area contributed by atoms with E-state index in [1.807, 2.05) is 43.9 Å². The molecule has 2 aromatic carbocycles. The molecule has 0 saturated carbocycles. The second-order valence-corrected chi connectivity index (χ2v) is 16.1. The first-order valence-corrected chi connectivity index (χ1v) is 18.4. The Labute approximate surface area is 288 Å². The molecule has 0 atom stereocenters. The second kappa shape index (κ2) is 13.6. The molecule has 2 aliphatic heterocycles.